The van der Waals surface area contributed by atoms with E-state index in [9.17, 15) is 14.4 Å². The minimum atomic E-state index is -0.649. The number of Topliss-reactive ketones (excluding diaryl/α,β-unsaturated/α-hetero) is 1. The van der Waals surface area contributed by atoms with Crippen LogP contribution in [0.15, 0.2) is 24.3 Å². The smallest absolute Gasteiger partial charge is 0.289 e. The molecule has 1 aromatic rings. The van der Waals surface area contributed by atoms with Crippen molar-refractivity contribution in [1.29, 1.82) is 0 Å². The Morgan fingerprint density at radius 3 is 2.32 bits per heavy atom. The topological polar surface area (TPSA) is 79.0 Å². The number of nitrogens with zero attached hydrogens (tertiary/aromatic N) is 2. The number of benzene rings is 1. The fraction of sp³-hybridized carbons (Fsp3) is 0.625. The van der Waals surface area contributed by atoms with Crippen molar-refractivity contribution in [3.8, 4) is 0 Å². The van der Waals surface area contributed by atoms with Gasteiger partial charge in [0.15, 0.2) is 0 Å². The summed E-state index contributed by atoms with van der Waals surface area (Å²) in [6, 6.07) is 7.07. The third kappa shape index (κ3) is 5.52. The molecule has 168 valence electrons. The van der Waals surface area contributed by atoms with Crippen LogP contribution in [0.4, 0.5) is 0 Å². The summed E-state index contributed by atoms with van der Waals surface area (Å²) in [4.78, 5) is 42.4. The van der Waals surface area contributed by atoms with Gasteiger partial charge < -0.3 is 15.0 Å². The Balaban J connectivity index is 1.35. The number of hydrogen-bond donors (Lipinski definition) is 1. The molecule has 0 radical (unpaired) electrons. The van der Waals surface area contributed by atoms with Crippen LogP contribution in [0.1, 0.15) is 60.9 Å². The van der Waals surface area contributed by atoms with Gasteiger partial charge in [0, 0.05) is 37.8 Å². The number of rotatable bonds is 6. The SMILES string of the molecule is O=C(NC1CCCCC1)C(=O)C1CCCN1C(=O)c1ccc(CN2CCOCC2)cc1. The van der Waals surface area contributed by atoms with Crippen LogP contribution < -0.4 is 5.32 Å². The zero-order valence-corrected chi connectivity index (χ0v) is 18.2. The summed E-state index contributed by atoms with van der Waals surface area (Å²) in [6.45, 7) is 4.71. The Hall–Kier alpha value is -2.25. The molecule has 1 unspecified atom stereocenters. The summed E-state index contributed by atoms with van der Waals surface area (Å²) in [7, 11) is 0. The van der Waals surface area contributed by atoms with Crippen LogP contribution >= 0.6 is 0 Å². The first kappa shape index (κ1) is 22.0. The molecule has 1 N–H and O–H groups in total. The average molecular weight is 428 g/mol. The molecule has 2 heterocycles. The van der Waals surface area contributed by atoms with Gasteiger partial charge in [-0.25, -0.2) is 0 Å². The number of morpholine rings is 1. The maximum atomic E-state index is 13.1. The number of ether oxygens (including phenoxy) is 1. The van der Waals surface area contributed by atoms with E-state index in [4.69, 9.17) is 4.74 Å². The molecular formula is C24H33N3O4. The lowest BCUT2D eigenvalue weighted by atomic mass is 9.95. The second-order valence-corrected chi connectivity index (χ2v) is 8.91. The standard InChI is InChI=1S/C24H33N3O4/c28-22(23(29)25-20-5-2-1-3-6-20)21-7-4-12-27(21)24(30)19-10-8-18(9-11-19)17-26-13-15-31-16-14-26/h8-11,20-21H,1-7,12-17H2,(H,25,29). The lowest BCUT2D eigenvalue weighted by molar-refractivity contribution is -0.140. The third-order valence-corrected chi connectivity index (χ3v) is 6.69. The van der Waals surface area contributed by atoms with Crippen LogP contribution in [0.2, 0.25) is 0 Å². The molecular weight excluding hydrogens is 394 g/mol. The van der Waals surface area contributed by atoms with Gasteiger partial charge in [0.25, 0.3) is 11.8 Å². The predicted molar refractivity (Wildman–Crippen MR) is 117 cm³/mol. The van der Waals surface area contributed by atoms with Gasteiger partial charge in [-0.1, -0.05) is 31.4 Å². The van der Waals surface area contributed by atoms with Crippen LogP contribution in [-0.4, -0.2) is 72.3 Å². The molecule has 1 saturated carbocycles. The largest absolute Gasteiger partial charge is 0.379 e. The van der Waals surface area contributed by atoms with Crippen molar-refractivity contribution in [3.05, 3.63) is 35.4 Å². The van der Waals surface area contributed by atoms with Gasteiger partial charge in [0.05, 0.1) is 13.2 Å². The second-order valence-electron chi connectivity index (χ2n) is 8.91. The molecule has 0 aromatic heterocycles. The van der Waals surface area contributed by atoms with Crippen LogP contribution in [0.3, 0.4) is 0 Å². The molecule has 1 aromatic carbocycles. The highest BCUT2D eigenvalue weighted by Crippen LogP contribution is 2.22. The fourth-order valence-electron chi connectivity index (χ4n) is 4.87. The Labute approximate surface area is 184 Å². The molecule has 3 fully saturated rings. The van der Waals surface area contributed by atoms with Crippen molar-refractivity contribution < 1.29 is 19.1 Å². The molecule has 3 aliphatic rings. The van der Waals surface area contributed by atoms with Gasteiger partial charge in [-0.3, -0.25) is 19.3 Å². The van der Waals surface area contributed by atoms with Gasteiger partial charge in [-0.05, 0) is 43.4 Å². The van der Waals surface area contributed by atoms with E-state index in [1.165, 1.54) is 6.42 Å². The van der Waals surface area contributed by atoms with E-state index < -0.39 is 17.7 Å². The van der Waals surface area contributed by atoms with Crippen molar-refractivity contribution >= 4 is 17.6 Å². The average Bonchev–Trinajstić information content (AvgIpc) is 3.30. The molecule has 7 heteroatoms. The minimum absolute atomic E-state index is 0.0924. The molecule has 1 atom stereocenters. The van der Waals surface area contributed by atoms with E-state index in [2.05, 4.69) is 10.2 Å². The fourth-order valence-corrected chi connectivity index (χ4v) is 4.87. The van der Waals surface area contributed by atoms with Crippen LogP contribution in [0, 0.1) is 0 Å². The zero-order chi connectivity index (χ0) is 21.6. The molecule has 2 saturated heterocycles. The lowest BCUT2D eigenvalue weighted by Crippen LogP contribution is -2.49. The normalized spacial score (nSPS) is 23.0. The summed E-state index contributed by atoms with van der Waals surface area (Å²) in [5.74, 6) is -1.17. The molecule has 2 aliphatic heterocycles. The number of nitrogens with one attached hydrogen (secondary N) is 1. The summed E-state index contributed by atoms with van der Waals surface area (Å²) >= 11 is 0. The van der Waals surface area contributed by atoms with Crippen molar-refractivity contribution in [1.82, 2.24) is 15.1 Å². The summed E-state index contributed by atoms with van der Waals surface area (Å²) in [5.41, 5.74) is 1.72. The molecule has 1 aliphatic carbocycles. The highest BCUT2D eigenvalue weighted by atomic mass is 16.5. The van der Waals surface area contributed by atoms with Crippen molar-refractivity contribution in [2.24, 2.45) is 0 Å². The number of likely N-dealkylation sites (tertiary alicyclic amines) is 1. The minimum Gasteiger partial charge on any atom is -0.379 e. The van der Waals surface area contributed by atoms with Gasteiger partial charge in [0.1, 0.15) is 6.04 Å². The number of carbonyl (C=O) groups is 3. The maximum absolute atomic E-state index is 13.1. The predicted octanol–water partition coefficient (Wildman–Crippen LogP) is 2.14. The molecule has 0 bridgehead atoms. The van der Waals surface area contributed by atoms with Gasteiger partial charge >= 0.3 is 0 Å². The highest BCUT2D eigenvalue weighted by Gasteiger charge is 2.38. The number of carbonyl (C=O) groups excluding carboxylic acids is 3. The molecule has 0 spiro atoms. The van der Waals surface area contributed by atoms with E-state index >= 15 is 0 Å². The molecule has 31 heavy (non-hydrogen) atoms. The number of hydrogen-bond acceptors (Lipinski definition) is 5. The monoisotopic (exact) mass is 427 g/mol. The first-order valence-corrected chi connectivity index (χ1v) is 11.7. The van der Waals surface area contributed by atoms with E-state index in [-0.39, 0.29) is 11.9 Å². The van der Waals surface area contributed by atoms with Gasteiger partial charge in [-0.2, -0.15) is 0 Å². The number of ketones is 1. The zero-order valence-electron chi connectivity index (χ0n) is 18.2. The van der Waals surface area contributed by atoms with E-state index in [1.54, 1.807) is 4.90 Å². The van der Waals surface area contributed by atoms with Crippen LogP contribution in [-0.2, 0) is 20.9 Å². The quantitative estimate of drug-likeness (QED) is 0.704. The van der Waals surface area contributed by atoms with Crippen LogP contribution in [0.25, 0.3) is 0 Å². The molecule has 4 rings (SSSR count). The lowest BCUT2D eigenvalue weighted by Gasteiger charge is -2.27. The van der Waals surface area contributed by atoms with E-state index in [1.807, 2.05) is 24.3 Å². The summed E-state index contributed by atoms with van der Waals surface area (Å²) < 4.78 is 5.39. The van der Waals surface area contributed by atoms with Crippen LogP contribution in [0.5, 0.6) is 0 Å². The van der Waals surface area contributed by atoms with Gasteiger partial charge in [0.2, 0.25) is 5.78 Å². The first-order chi connectivity index (χ1) is 15.1. The van der Waals surface area contributed by atoms with Crippen molar-refractivity contribution in [2.75, 3.05) is 32.8 Å². The highest BCUT2D eigenvalue weighted by molar-refractivity contribution is 6.38. The van der Waals surface area contributed by atoms with E-state index in [0.29, 0.717) is 18.5 Å². The molecule has 7 nitrogen and oxygen atoms in total. The molecule has 2 amide bonds. The Kier molecular flexibility index (Phi) is 7.35. The van der Waals surface area contributed by atoms with Crippen molar-refractivity contribution in [2.45, 2.75) is 63.6 Å². The summed E-state index contributed by atoms with van der Waals surface area (Å²) in [6.07, 6.45) is 6.54. The Bertz CT molecular complexity index is 783. The Morgan fingerprint density at radius 2 is 1.61 bits per heavy atom. The van der Waals surface area contributed by atoms with Crippen molar-refractivity contribution in [3.63, 3.8) is 0 Å². The number of amides is 2. The first-order valence-electron chi connectivity index (χ1n) is 11.7. The Morgan fingerprint density at radius 1 is 0.903 bits per heavy atom. The van der Waals surface area contributed by atoms with E-state index in [0.717, 1.165) is 70.5 Å². The van der Waals surface area contributed by atoms with Gasteiger partial charge in [-0.15, -0.1) is 0 Å². The maximum Gasteiger partial charge on any atom is 0.289 e. The third-order valence-electron chi connectivity index (χ3n) is 6.69. The second kappa shape index (κ2) is 10.4. The summed E-state index contributed by atoms with van der Waals surface area (Å²) in [5, 5.41) is 2.90.